The van der Waals surface area contributed by atoms with Crippen LogP contribution in [0.5, 0.6) is 0 Å². The molecule has 0 amide bonds. The molecule has 0 bridgehead atoms. The number of hydrogen-bond acceptors (Lipinski definition) is 6. The summed E-state index contributed by atoms with van der Waals surface area (Å²) >= 11 is 0. The van der Waals surface area contributed by atoms with Gasteiger partial charge in [0, 0.05) is 18.8 Å². The van der Waals surface area contributed by atoms with E-state index in [0.29, 0.717) is 13.0 Å². The molecule has 8 nitrogen and oxygen atoms in total. The molecule has 2 unspecified atom stereocenters. The lowest BCUT2D eigenvalue weighted by molar-refractivity contribution is -0.384. The van der Waals surface area contributed by atoms with Crippen molar-refractivity contribution >= 4 is 17.5 Å². The van der Waals surface area contributed by atoms with E-state index in [1.54, 1.807) is 6.07 Å². The minimum absolute atomic E-state index is 0.0123. The van der Waals surface area contributed by atoms with Crippen molar-refractivity contribution in [2.75, 3.05) is 11.4 Å². The molecule has 1 fully saturated rings. The number of aliphatic carboxylic acids is 1. The first-order valence-corrected chi connectivity index (χ1v) is 6.48. The van der Waals surface area contributed by atoms with Gasteiger partial charge in [-0.2, -0.15) is 5.26 Å². The van der Waals surface area contributed by atoms with Crippen molar-refractivity contribution in [3.8, 4) is 6.07 Å². The lowest BCUT2D eigenvalue weighted by Crippen LogP contribution is -2.47. The smallest absolute Gasteiger partial charge is 0.326 e. The van der Waals surface area contributed by atoms with Gasteiger partial charge in [0.2, 0.25) is 5.82 Å². The number of aromatic nitrogens is 1. The van der Waals surface area contributed by atoms with Crippen LogP contribution in [0.3, 0.4) is 0 Å². The van der Waals surface area contributed by atoms with Crippen molar-refractivity contribution in [3.05, 3.63) is 27.9 Å². The molecular weight excluding hydrogens is 276 g/mol. The van der Waals surface area contributed by atoms with E-state index in [1.165, 1.54) is 11.1 Å². The van der Waals surface area contributed by atoms with E-state index in [-0.39, 0.29) is 23.0 Å². The lowest BCUT2D eigenvalue weighted by Gasteiger charge is -2.36. The van der Waals surface area contributed by atoms with Gasteiger partial charge in [-0.15, -0.1) is 0 Å². The normalized spacial score (nSPS) is 21.6. The first-order valence-electron chi connectivity index (χ1n) is 6.48. The third-order valence-electron chi connectivity index (χ3n) is 3.59. The van der Waals surface area contributed by atoms with Crippen molar-refractivity contribution in [2.24, 2.45) is 5.92 Å². The highest BCUT2D eigenvalue weighted by Gasteiger charge is 2.36. The largest absolute Gasteiger partial charge is 0.480 e. The zero-order valence-electron chi connectivity index (χ0n) is 11.4. The van der Waals surface area contributed by atoms with Crippen molar-refractivity contribution in [2.45, 2.75) is 25.8 Å². The van der Waals surface area contributed by atoms with Crippen LogP contribution in [0, 0.1) is 27.4 Å². The Balaban J connectivity index is 2.46. The monoisotopic (exact) mass is 290 g/mol. The molecule has 1 aliphatic heterocycles. The highest BCUT2D eigenvalue weighted by molar-refractivity contribution is 5.79. The van der Waals surface area contributed by atoms with Crippen molar-refractivity contribution < 1.29 is 14.8 Å². The number of pyridine rings is 1. The van der Waals surface area contributed by atoms with Crippen LogP contribution in [-0.2, 0) is 4.79 Å². The molecule has 110 valence electrons. The fourth-order valence-electron chi connectivity index (χ4n) is 2.49. The van der Waals surface area contributed by atoms with Crippen LogP contribution in [0.1, 0.15) is 25.3 Å². The van der Waals surface area contributed by atoms with Gasteiger partial charge < -0.3 is 10.0 Å². The predicted molar refractivity (Wildman–Crippen MR) is 72.8 cm³/mol. The average molecular weight is 290 g/mol. The van der Waals surface area contributed by atoms with Crippen LogP contribution in [-0.4, -0.2) is 33.6 Å². The van der Waals surface area contributed by atoms with Gasteiger partial charge in [0.05, 0.1) is 10.5 Å². The number of piperidine rings is 1. The Hall–Kier alpha value is -2.69. The third kappa shape index (κ3) is 2.91. The molecule has 1 aromatic heterocycles. The Kier molecular flexibility index (Phi) is 4.03. The van der Waals surface area contributed by atoms with Gasteiger partial charge in [0.25, 0.3) is 0 Å². The maximum absolute atomic E-state index is 11.4. The van der Waals surface area contributed by atoms with Gasteiger partial charge in [0.1, 0.15) is 12.1 Å². The zero-order valence-corrected chi connectivity index (χ0v) is 11.4. The zero-order chi connectivity index (χ0) is 15.6. The summed E-state index contributed by atoms with van der Waals surface area (Å²) in [6.45, 7) is 2.34. The van der Waals surface area contributed by atoms with Crippen molar-refractivity contribution in [1.29, 1.82) is 5.26 Å². The second kappa shape index (κ2) is 5.75. The number of hydrogen-bond donors (Lipinski definition) is 1. The van der Waals surface area contributed by atoms with Gasteiger partial charge in [-0.05, 0) is 18.8 Å². The molecule has 0 aliphatic carbocycles. The van der Waals surface area contributed by atoms with E-state index in [9.17, 15) is 20.0 Å². The van der Waals surface area contributed by atoms with E-state index in [0.717, 1.165) is 12.5 Å². The number of rotatable bonds is 3. The third-order valence-corrected chi connectivity index (χ3v) is 3.59. The predicted octanol–water partition coefficient (Wildman–Crippen LogP) is 1.55. The Morgan fingerprint density at radius 1 is 1.67 bits per heavy atom. The molecule has 21 heavy (non-hydrogen) atoms. The maximum Gasteiger partial charge on any atom is 0.326 e. The van der Waals surface area contributed by atoms with Gasteiger partial charge in [-0.1, -0.05) is 6.92 Å². The fraction of sp³-hybridized carbons (Fsp3) is 0.462. The van der Waals surface area contributed by atoms with Crippen molar-refractivity contribution in [1.82, 2.24) is 4.98 Å². The van der Waals surface area contributed by atoms with E-state index < -0.39 is 16.9 Å². The molecule has 0 spiro atoms. The van der Waals surface area contributed by atoms with Crippen LogP contribution in [0.25, 0.3) is 0 Å². The standard InChI is InChI=1S/C13H14N4O4/c1-8-2-3-16(11(4-8)13(18)19)12-10(17(20)21)5-9(6-14)7-15-12/h5,7-8,11H,2-4H2,1H3,(H,18,19). The average Bonchev–Trinajstić information content (AvgIpc) is 2.46. The number of carbonyl (C=O) groups is 1. The highest BCUT2D eigenvalue weighted by atomic mass is 16.6. The summed E-state index contributed by atoms with van der Waals surface area (Å²) in [6, 6.07) is 2.08. The molecule has 2 atom stereocenters. The fourth-order valence-corrected chi connectivity index (χ4v) is 2.49. The maximum atomic E-state index is 11.4. The molecule has 1 aliphatic rings. The van der Waals surface area contributed by atoms with Crippen molar-refractivity contribution in [3.63, 3.8) is 0 Å². The van der Waals surface area contributed by atoms with Crippen LogP contribution < -0.4 is 4.90 Å². The number of carboxylic acid groups (broad SMARTS) is 1. The Morgan fingerprint density at radius 3 is 2.95 bits per heavy atom. The molecule has 0 radical (unpaired) electrons. The molecule has 1 N–H and O–H groups in total. The Morgan fingerprint density at radius 2 is 2.38 bits per heavy atom. The van der Waals surface area contributed by atoms with Gasteiger partial charge in [0.15, 0.2) is 0 Å². The minimum Gasteiger partial charge on any atom is -0.480 e. The second-order valence-corrected chi connectivity index (χ2v) is 5.11. The first-order chi connectivity index (χ1) is 9.93. The number of nitrogens with zero attached hydrogens (tertiary/aromatic N) is 4. The van der Waals surface area contributed by atoms with E-state index in [4.69, 9.17) is 5.26 Å². The molecule has 2 heterocycles. The quantitative estimate of drug-likeness (QED) is 0.662. The SMILES string of the molecule is CC1CCN(c2ncc(C#N)cc2[N+](=O)[O-])C(C(=O)O)C1. The molecular formula is C13H14N4O4. The summed E-state index contributed by atoms with van der Waals surface area (Å²) in [5.74, 6) is -0.778. The van der Waals surface area contributed by atoms with E-state index in [1.807, 2.05) is 6.92 Å². The number of nitro groups is 1. The summed E-state index contributed by atoms with van der Waals surface area (Å²) in [6.07, 6.45) is 2.37. The molecule has 0 aromatic carbocycles. The van der Waals surface area contributed by atoms with Crippen LogP contribution >= 0.6 is 0 Å². The molecule has 2 rings (SSSR count). The topological polar surface area (TPSA) is 120 Å². The molecule has 0 saturated carbocycles. The summed E-state index contributed by atoms with van der Waals surface area (Å²) < 4.78 is 0. The van der Waals surface area contributed by atoms with Gasteiger partial charge in [-0.3, -0.25) is 10.1 Å². The van der Waals surface area contributed by atoms with Crippen LogP contribution in [0.4, 0.5) is 11.5 Å². The summed E-state index contributed by atoms with van der Waals surface area (Å²) in [4.78, 5) is 27.3. The van der Waals surface area contributed by atoms with Crippen LogP contribution in [0.2, 0.25) is 0 Å². The number of carboxylic acids is 1. The number of anilines is 1. The lowest BCUT2D eigenvalue weighted by atomic mass is 9.92. The highest BCUT2D eigenvalue weighted by Crippen LogP contribution is 2.33. The summed E-state index contributed by atoms with van der Waals surface area (Å²) in [5.41, 5.74) is -0.266. The first kappa shape index (κ1) is 14.7. The van der Waals surface area contributed by atoms with E-state index in [2.05, 4.69) is 4.98 Å². The Labute approximate surface area is 120 Å². The summed E-state index contributed by atoms with van der Waals surface area (Å²) in [7, 11) is 0. The second-order valence-electron chi connectivity index (χ2n) is 5.11. The number of nitriles is 1. The Bertz CT molecular complexity index is 625. The summed E-state index contributed by atoms with van der Waals surface area (Å²) in [5, 5.41) is 29.3. The van der Waals surface area contributed by atoms with Crippen LogP contribution in [0.15, 0.2) is 12.3 Å². The van der Waals surface area contributed by atoms with Gasteiger partial charge >= 0.3 is 11.7 Å². The van der Waals surface area contributed by atoms with Gasteiger partial charge in [-0.25, -0.2) is 9.78 Å². The van der Waals surface area contributed by atoms with E-state index >= 15 is 0 Å². The molecule has 1 aromatic rings. The molecule has 1 saturated heterocycles. The minimum atomic E-state index is -1.03. The molecule has 8 heteroatoms.